The first kappa shape index (κ1) is 22.6. The molecule has 5 nitrogen and oxygen atoms in total. The van der Waals surface area contributed by atoms with E-state index in [1.807, 2.05) is 19.9 Å². The van der Waals surface area contributed by atoms with Gasteiger partial charge in [-0.05, 0) is 61.9 Å². The lowest BCUT2D eigenvalue weighted by Crippen LogP contribution is -2.27. The largest absolute Gasteiger partial charge is 0.490 e. The first-order chi connectivity index (χ1) is 15.0. The highest BCUT2D eigenvalue weighted by molar-refractivity contribution is 8.18. The van der Waals surface area contributed by atoms with Gasteiger partial charge in [-0.1, -0.05) is 24.3 Å². The quantitative estimate of drug-likeness (QED) is 0.375. The minimum absolute atomic E-state index is 0.107. The number of benzene rings is 2. The first-order valence-corrected chi connectivity index (χ1v) is 10.8. The molecule has 1 aliphatic rings. The summed E-state index contributed by atoms with van der Waals surface area (Å²) in [5.41, 5.74) is 1.87. The van der Waals surface area contributed by atoms with Crippen LogP contribution in [0.2, 0.25) is 0 Å². The van der Waals surface area contributed by atoms with Crippen molar-refractivity contribution < 1.29 is 23.5 Å². The molecule has 3 rings (SSSR count). The molecule has 2 amide bonds. The molecule has 31 heavy (non-hydrogen) atoms. The Kier molecular flexibility index (Phi) is 7.52. The van der Waals surface area contributed by atoms with E-state index in [0.717, 1.165) is 22.2 Å². The van der Waals surface area contributed by atoms with Crippen LogP contribution < -0.4 is 9.47 Å². The first-order valence-electron chi connectivity index (χ1n) is 10.0. The zero-order valence-corrected chi connectivity index (χ0v) is 18.3. The summed E-state index contributed by atoms with van der Waals surface area (Å²) >= 11 is 0.838. The number of rotatable bonds is 9. The van der Waals surface area contributed by atoms with Crippen molar-refractivity contribution in [1.29, 1.82) is 0 Å². The van der Waals surface area contributed by atoms with Gasteiger partial charge in [-0.3, -0.25) is 14.5 Å². The number of halogens is 1. The van der Waals surface area contributed by atoms with Crippen molar-refractivity contribution in [2.75, 3.05) is 13.2 Å². The predicted octanol–water partition coefficient (Wildman–Crippen LogP) is 5.59. The van der Waals surface area contributed by atoms with Crippen LogP contribution in [-0.2, 0) is 17.8 Å². The molecule has 1 aliphatic heterocycles. The number of amides is 2. The Labute approximate surface area is 185 Å². The van der Waals surface area contributed by atoms with Crippen molar-refractivity contribution in [3.8, 4) is 11.5 Å². The van der Waals surface area contributed by atoms with E-state index in [1.165, 1.54) is 6.07 Å². The molecular weight excluding hydrogens is 417 g/mol. The summed E-state index contributed by atoms with van der Waals surface area (Å²) < 4.78 is 25.5. The van der Waals surface area contributed by atoms with Gasteiger partial charge in [0.1, 0.15) is 5.82 Å². The molecule has 0 atom stereocenters. The molecule has 0 aliphatic carbocycles. The second-order valence-corrected chi connectivity index (χ2v) is 7.72. The molecule has 2 aromatic rings. The molecule has 162 valence electrons. The van der Waals surface area contributed by atoms with E-state index < -0.39 is 17.0 Å². The Morgan fingerprint density at radius 2 is 1.84 bits per heavy atom. The van der Waals surface area contributed by atoms with Crippen molar-refractivity contribution in [3.05, 3.63) is 76.5 Å². The standard InChI is InChI=1S/C24H24FNO4S/c1-4-9-17-12-16(13-20(29-5-2)22(17)30-6-3)14-21-23(27)26(24(28)31-21)15-18-10-7-8-11-19(18)25/h4,7-8,10-14H,1,5-6,9,15H2,2-3H3/b21-14+. The average molecular weight is 442 g/mol. The van der Waals surface area contributed by atoms with E-state index in [2.05, 4.69) is 6.58 Å². The normalized spacial score (nSPS) is 14.9. The summed E-state index contributed by atoms with van der Waals surface area (Å²) in [6, 6.07) is 9.77. The monoisotopic (exact) mass is 441 g/mol. The Balaban J connectivity index is 1.93. The molecule has 0 unspecified atom stereocenters. The maximum absolute atomic E-state index is 14.0. The van der Waals surface area contributed by atoms with Gasteiger partial charge in [-0.2, -0.15) is 0 Å². The lowest BCUT2D eigenvalue weighted by Gasteiger charge is -2.16. The number of carbonyl (C=O) groups is 2. The van der Waals surface area contributed by atoms with Crippen molar-refractivity contribution >= 4 is 29.0 Å². The molecule has 1 saturated heterocycles. The van der Waals surface area contributed by atoms with Crippen LogP contribution in [0.1, 0.15) is 30.5 Å². The lowest BCUT2D eigenvalue weighted by atomic mass is 10.0. The van der Waals surface area contributed by atoms with Gasteiger partial charge in [-0.15, -0.1) is 6.58 Å². The SMILES string of the molecule is C=CCc1cc(/C=C2/SC(=O)N(Cc3ccccc3F)C2=O)cc(OCC)c1OCC. The zero-order valence-electron chi connectivity index (χ0n) is 17.5. The van der Waals surface area contributed by atoms with E-state index in [-0.39, 0.29) is 11.4 Å². The van der Waals surface area contributed by atoms with E-state index in [0.29, 0.717) is 42.3 Å². The summed E-state index contributed by atoms with van der Waals surface area (Å²) in [6.45, 7) is 8.40. The molecule has 0 radical (unpaired) electrons. The van der Waals surface area contributed by atoms with Gasteiger partial charge >= 0.3 is 0 Å². The molecule has 0 N–H and O–H groups in total. The van der Waals surface area contributed by atoms with E-state index in [9.17, 15) is 14.0 Å². The van der Waals surface area contributed by atoms with Crippen molar-refractivity contribution in [3.63, 3.8) is 0 Å². The van der Waals surface area contributed by atoms with E-state index in [1.54, 1.807) is 36.4 Å². The molecule has 1 heterocycles. The molecule has 1 fully saturated rings. The minimum Gasteiger partial charge on any atom is -0.490 e. The Morgan fingerprint density at radius 1 is 1.10 bits per heavy atom. The van der Waals surface area contributed by atoms with Crippen molar-refractivity contribution in [2.45, 2.75) is 26.8 Å². The van der Waals surface area contributed by atoms with Gasteiger partial charge in [-0.25, -0.2) is 4.39 Å². The predicted molar refractivity (Wildman–Crippen MR) is 121 cm³/mol. The molecule has 2 aromatic carbocycles. The summed E-state index contributed by atoms with van der Waals surface area (Å²) in [4.78, 5) is 26.6. The van der Waals surface area contributed by atoms with Crippen LogP contribution in [0.25, 0.3) is 6.08 Å². The van der Waals surface area contributed by atoms with E-state index >= 15 is 0 Å². The van der Waals surface area contributed by atoms with Gasteiger partial charge in [0, 0.05) is 11.1 Å². The van der Waals surface area contributed by atoms with E-state index in [4.69, 9.17) is 9.47 Å². The van der Waals surface area contributed by atoms with Crippen molar-refractivity contribution in [1.82, 2.24) is 4.90 Å². The second-order valence-electron chi connectivity index (χ2n) is 6.73. The van der Waals surface area contributed by atoms with Crippen LogP contribution in [0.5, 0.6) is 11.5 Å². The maximum atomic E-state index is 14.0. The number of nitrogens with zero attached hydrogens (tertiary/aromatic N) is 1. The van der Waals surface area contributed by atoms with Crippen LogP contribution in [-0.4, -0.2) is 29.3 Å². The van der Waals surface area contributed by atoms with Crippen LogP contribution in [0, 0.1) is 5.82 Å². The fourth-order valence-electron chi connectivity index (χ4n) is 3.23. The smallest absolute Gasteiger partial charge is 0.293 e. The number of imide groups is 1. The van der Waals surface area contributed by atoms with Gasteiger partial charge in [0.15, 0.2) is 11.5 Å². The molecule has 0 aromatic heterocycles. The molecule has 0 saturated carbocycles. The molecule has 0 spiro atoms. The van der Waals surface area contributed by atoms with Crippen LogP contribution in [0.3, 0.4) is 0 Å². The highest BCUT2D eigenvalue weighted by Gasteiger charge is 2.35. The number of thioether (sulfide) groups is 1. The third-order valence-corrected chi connectivity index (χ3v) is 5.47. The maximum Gasteiger partial charge on any atom is 0.293 e. The summed E-state index contributed by atoms with van der Waals surface area (Å²) in [5.74, 6) is 0.317. The summed E-state index contributed by atoms with van der Waals surface area (Å²) in [5, 5.41) is -0.429. The molecule has 0 bridgehead atoms. The van der Waals surface area contributed by atoms with Crippen LogP contribution >= 0.6 is 11.8 Å². The third kappa shape index (κ3) is 5.17. The average Bonchev–Trinajstić information content (AvgIpc) is 3.00. The van der Waals surface area contributed by atoms with Gasteiger partial charge in [0.25, 0.3) is 11.1 Å². The number of allylic oxidation sites excluding steroid dienone is 1. The van der Waals surface area contributed by atoms with Gasteiger partial charge < -0.3 is 9.47 Å². The Morgan fingerprint density at radius 3 is 2.52 bits per heavy atom. The summed E-state index contributed by atoms with van der Waals surface area (Å²) in [7, 11) is 0. The van der Waals surface area contributed by atoms with Crippen LogP contribution in [0.15, 0.2) is 54.0 Å². The highest BCUT2D eigenvalue weighted by Crippen LogP contribution is 2.37. The molecule has 7 heteroatoms. The van der Waals surface area contributed by atoms with Gasteiger partial charge in [0.05, 0.1) is 24.7 Å². The fourth-order valence-corrected chi connectivity index (χ4v) is 4.07. The zero-order chi connectivity index (χ0) is 22.4. The Bertz CT molecular complexity index is 1030. The van der Waals surface area contributed by atoms with Crippen LogP contribution in [0.4, 0.5) is 9.18 Å². The van der Waals surface area contributed by atoms with Crippen molar-refractivity contribution in [2.24, 2.45) is 0 Å². The Hall–Kier alpha value is -3.06. The topological polar surface area (TPSA) is 55.8 Å². The second kappa shape index (κ2) is 10.3. The summed E-state index contributed by atoms with van der Waals surface area (Å²) in [6.07, 6.45) is 3.97. The van der Waals surface area contributed by atoms with Gasteiger partial charge in [0.2, 0.25) is 0 Å². The highest BCUT2D eigenvalue weighted by atomic mass is 32.2. The number of hydrogen-bond acceptors (Lipinski definition) is 5. The third-order valence-electron chi connectivity index (χ3n) is 4.56. The lowest BCUT2D eigenvalue weighted by molar-refractivity contribution is -0.123. The molecular formula is C24H24FNO4S. The number of hydrogen-bond donors (Lipinski definition) is 0. The fraction of sp³-hybridized carbons (Fsp3) is 0.250. The number of carbonyl (C=O) groups excluding carboxylic acids is 2. The minimum atomic E-state index is -0.451. The number of ether oxygens (including phenoxy) is 2.